The first kappa shape index (κ1) is 22.3. The first-order valence-electron chi connectivity index (χ1n) is 10.3. The molecule has 1 aliphatic carbocycles. The van der Waals surface area contributed by atoms with E-state index in [1.54, 1.807) is 23.1 Å². The molecular formula is C23H25FN2O5S. The van der Waals surface area contributed by atoms with E-state index in [4.69, 9.17) is 4.42 Å². The number of hydrogen-bond donors (Lipinski definition) is 2. The molecule has 170 valence electrons. The maximum atomic E-state index is 13.4. The Hall–Kier alpha value is -2.91. The van der Waals surface area contributed by atoms with E-state index in [0.717, 1.165) is 24.7 Å². The van der Waals surface area contributed by atoms with Crippen molar-refractivity contribution in [2.24, 2.45) is 0 Å². The molecule has 1 aliphatic rings. The lowest BCUT2D eigenvalue weighted by Crippen LogP contribution is -2.32. The van der Waals surface area contributed by atoms with Crippen molar-refractivity contribution in [1.29, 1.82) is 0 Å². The first-order chi connectivity index (χ1) is 15.2. The van der Waals surface area contributed by atoms with Crippen LogP contribution < -0.4 is 10.2 Å². The van der Waals surface area contributed by atoms with Crippen molar-refractivity contribution in [2.75, 3.05) is 37.2 Å². The highest BCUT2D eigenvalue weighted by Crippen LogP contribution is 2.47. The summed E-state index contributed by atoms with van der Waals surface area (Å²) in [4.78, 5) is 14.4. The molecule has 0 spiro atoms. The highest BCUT2D eigenvalue weighted by atomic mass is 32.2. The number of furan rings is 1. The molecule has 32 heavy (non-hydrogen) atoms. The number of halogens is 1. The van der Waals surface area contributed by atoms with E-state index in [2.05, 4.69) is 5.32 Å². The average Bonchev–Trinajstić information content (AvgIpc) is 3.52. The minimum absolute atomic E-state index is 0.145. The second-order valence-corrected chi connectivity index (χ2v) is 10.2. The van der Waals surface area contributed by atoms with Crippen molar-refractivity contribution in [3.63, 3.8) is 0 Å². The molecule has 7 nitrogen and oxygen atoms in total. The Morgan fingerprint density at radius 2 is 1.94 bits per heavy atom. The van der Waals surface area contributed by atoms with Crippen LogP contribution in [0.5, 0.6) is 0 Å². The highest BCUT2D eigenvalue weighted by Gasteiger charge is 2.31. The maximum Gasteiger partial charge on any atom is 0.255 e. The van der Waals surface area contributed by atoms with Crippen LogP contribution >= 0.6 is 0 Å². The van der Waals surface area contributed by atoms with Crippen LogP contribution in [-0.4, -0.2) is 51.8 Å². The summed E-state index contributed by atoms with van der Waals surface area (Å²) in [5, 5.41) is 12.8. The smallest absolute Gasteiger partial charge is 0.255 e. The van der Waals surface area contributed by atoms with Crippen molar-refractivity contribution in [3.05, 3.63) is 53.3 Å². The third-order valence-electron chi connectivity index (χ3n) is 5.52. The molecule has 1 aromatic heterocycles. The second-order valence-electron chi connectivity index (χ2n) is 8.12. The fourth-order valence-corrected chi connectivity index (χ4v) is 4.79. The number of aliphatic hydroxyl groups is 1. The SMILES string of the molecule is CNC(=O)c1c(-c2ccc(F)cc2)oc2cc(N(CCO)CS(C)(=O)=O)c(C3CC3)cc12. The summed E-state index contributed by atoms with van der Waals surface area (Å²) in [7, 11) is -1.82. The van der Waals surface area contributed by atoms with Crippen molar-refractivity contribution < 1.29 is 27.1 Å². The third-order valence-corrected chi connectivity index (χ3v) is 6.30. The van der Waals surface area contributed by atoms with E-state index in [1.807, 2.05) is 6.07 Å². The Bertz CT molecular complexity index is 1260. The zero-order chi connectivity index (χ0) is 23.0. The summed E-state index contributed by atoms with van der Waals surface area (Å²) in [5.74, 6) is -0.412. The molecule has 9 heteroatoms. The van der Waals surface area contributed by atoms with Gasteiger partial charge in [0.1, 0.15) is 23.0 Å². The van der Waals surface area contributed by atoms with Gasteiger partial charge in [0.2, 0.25) is 0 Å². The van der Waals surface area contributed by atoms with Gasteiger partial charge in [-0.2, -0.15) is 0 Å². The van der Waals surface area contributed by atoms with E-state index in [0.29, 0.717) is 33.5 Å². The fourth-order valence-electron chi connectivity index (χ4n) is 3.96. The van der Waals surface area contributed by atoms with Gasteiger partial charge in [0.25, 0.3) is 5.91 Å². The van der Waals surface area contributed by atoms with Gasteiger partial charge in [-0.05, 0) is 54.7 Å². The van der Waals surface area contributed by atoms with Gasteiger partial charge in [0, 0.05) is 42.6 Å². The Kier molecular flexibility index (Phi) is 5.96. The van der Waals surface area contributed by atoms with Gasteiger partial charge in [-0.1, -0.05) is 0 Å². The summed E-state index contributed by atoms with van der Waals surface area (Å²) < 4.78 is 43.6. The molecule has 1 amide bonds. The van der Waals surface area contributed by atoms with Gasteiger partial charge in [-0.15, -0.1) is 0 Å². The molecule has 0 aliphatic heterocycles. The summed E-state index contributed by atoms with van der Waals surface area (Å²) in [6, 6.07) is 9.31. The molecule has 3 aromatic rings. The van der Waals surface area contributed by atoms with Gasteiger partial charge < -0.3 is 19.7 Å². The molecule has 2 aromatic carbocycles. The zero-order valence-electron chi connectivity index (χ0n) is 17.9. The van der Waals surface area contributed by atoms with E-state index < -0.39 is 15.7 Å². The second kappa shape index (κ2) is 8.55. The number of carbonyl (C=O) groups excluding carboxylic acids is 1. The number of sulfone groups is 1. The normalized spacial score (nSPS) is 14.0. The molecule has 1 fully saturated rings. The van der Waals surface area contributed by atoms with Crippen LogP contribution in [0.15, 0.2) is 40.8 Å². The number of aliphatic hydroxyl groups excluding tert-OH is 1. The number of hydrogen-bond acceptors (Lipinski definition) is 6. The average molecular weight is 461 g/mol. The molecule has 0 saturated heterocycles. The van der Waals surface area contributed by atoms with Gasteiger partial charge in [0.05, 0.1) is 12.2 Å². The molecule has 0 bridgehead atoms. The van der Waals surface area contributed by atoms with Crippen LogP contribution in [0.3, 0.4) is 0 Å². The summed E-state index contributed by atoms with van der Waals surface area (Å²) in [6.45, 7) is -0.0632. The van der Waals surface area contributed by atoms with Crippen LogP contribution in [0.2, 0.25) is 0 Å². The molecular weight excluding hydrogens is 435 g/mol. The maximum absolute atomic E-state index is 13.4. The molecule has 0 atom stereocenters. The standard InChI is InChI=1S/C23H25FN2O5S/c1-25-23(28)21-18-11-17(14-3-4-14)19(26(9-10-27)13-32(2,29)30)12-20(18)31-22(21)15-5-7-16(24)8-6-15/h5-8,11-12,14,27H,3-4,9-10,13H2,1-2H3,(H,25,28). The number of nitrogens with zero attached hydrogens (tertiary/aromatic N) is 1. The fraction of sp³-hybridized carbons (Fsp3) is 0.348. The first-order valence-corrected chi connectivity index (χ1v) is 12.4. The van der Waals surface area contributed by atoms with Crippen LogP contribution in [0.4, 0.5) is 10.1 Å². The lowest BCUT2D eigenvalue weighted by atomic mass is 10.00. The Morgan fingerprint density at radius 1 is 1.25 bits per heavy atom. The lowest BCUT2D eigenvalue weighted by molar-refractivity contribution is 0.0964. The van der Waals surface area contributed by atoms with Crippen molar-refractivity contribution in [3.8, 4) is 11.3 Å². The van der Waals surface area contributed by atoms with Crippen LogP contribution in [0, 0.1) is 5.82 Å². The predicted molar refractivity (Wildman–Crippen MR) is 121 cm³/mol. The van der Waals surface area contributed by atoms with Crippen molar-refractivity contribution in [2.45, 2.75) is 18.8 Å². The Balaban J connectivity index is 1.95. The van der Waals surface area contributed by atoms with E-state index >= 15 is 0 Å². The highest BCUT2D eigenvalue weighted by molar-refractivity contribution is 7.90. The van der Waals surface area contributed by atoms with E-state index in [1.165, 1.54) is 19.2 Å². The van der Waals surface area contributed by atoms with Crippen molar-refractivity contribution in [1.82, 2.24) is 5.32 Å². The Labute approximate surface area is 185 Å². The minimum Gasteiger partial charge on any atom is -0.455 e. The van der Waals surface area contributed by atoms with Gasteiger partial charge >= 0.3 is 0 Å². The predicted octanol–water partition coefficient (Wildman–Crippen LogP) is 3.28. The number of fused-ring (bicyclic) bond motifs is 1. The number of benzene rings is 2. The lowest BCUT2D eigenvalue weighted by Gasteiger charge is -2.25. The molecule has 0 radical (unpaired) electrons. The molecule has 0 unspecified atom stereocenters. The topological polar surface area (TPSA) is 99.8 Å². The molecule has 2 N–H and O–H groups in total. The van der Waals surface area contributed by atoms with Gasteiger partial charge in [0.15, 0.2) is 9.84 Å². The number of amides is 1. The summed E-state index contributed by atoms with van der Waals surface area (Å²) in [6.07, 6.45) is 3.07. The van der Waals surface area contributed by atoms with E-state index in [-0.39, 0.29) is 30.9 Å². The Morgan fingerprint density at radius 3 is 2.50 bits per heavy atom. The number of nitrogens with one attached hydrogen (secondary N) is 1. The summed E-state index contributed by atoms with van der Waals surface area (Å²) in [5.41, 5.74) is 2.91. The number of anilines is 1. The van der Waals surface area contributed by atoms with E-state index in [9.17, 15) is 22.7 Å². The number of rotatable bonds is 8. The molecule has 1 heterocycles. The summed E-state index contributed by atoms with van der Waals surface area (Å²) >= 11 is 0. The quantitative estimate of drug-likeness (QED) is 0.535. The zero-order valence-corrected chi connectivity index (χ0v) is 18.7. The minimum atomic E-state index is -3.35. The largest absolute Gasteiger partial charge is 0.455 e. The molecule has 4 rings (SSSR count). The van der Waals surface area contributed by atoms with Crippen LogP contribution in [-0.2, 0) is 9.84 Å². The van der Waals surface area contributed by atoms with Crippen LogP contribution in [0.25, 0.3) is 22.3 Å². The third kappa shape index (κ3) is 4.49. The van der Waals surface area contributed by atoms with Crippen molar-refractivity contribution >= 4 is 32.4 Å². The van der Waals surface area contributed by atoms with Gasteiger partial charge in [-0.3, -0.25) is 4.79 Å². The molecule has 1 saturated carbocycles. The number of carbonyl (C=O) groups is 1. The monoisotopic (exact) mass is 460 g/mol. The van der Waals surface area contributed by atoms with Crippen LogP contribution in [0.1, 0.15) is 34.7 Å². The van der Waals surface area contributed by atoms with Gasteiger partial charge in [-0.25, -0.2) is 12.8 Å².